The summed E-state index contributed by atoms with van der Waals surface area (Å²) >= 11 is 1.44. The Morgan fingerprint density at radius 1 is 1.29 bits per heavy atom. The summed E-state index contributed by atoms with van der Waals surface area (Å²) in [6.07, 6.45) is 5.29. The number of benzene rings is 1. The fraction of sp³-hybridized carbons (Fsp3) is 0.222. The van der Waals surface area contributed by atoms with Crippen molar-refractivity contribution in [3.05, 3.63) is 66.4 Å². The number of hydrogen-bond donors (Lipinski definition) is 0. The molecule has 0 aliphatic rings. The van der Waals surface area contributed by atoms with Gasteiger partial charge in [0.15, 0.2) is 5.16 Å². The number of imidazole rings is 1. The molecule has 24 heavy (non-hydrogen) atoms. The molecule has 1 amide bonds. The van der Waals surface area contributed by atoms with Gasteiger partial charge in [-0.25, -0.2) is 4.98 Å². The summed E-state index contributed by atoms with van der Waals surface area (Å²) in [7, 11) is 1.78. The van der Waals surface area contributed by atoms with Crippen LogP contribution < -0.4 is 0 Å². The molecule has 5 nitrogen and oxygen atoms in total. The normalized spacial score (nSPS) is 10.8. The molecule has 0 saturated heterocycles. The number of rotatable bonds is 6. The molecule has 0 N–H and O–H groups in total. The predicted octanol–water partition coefficient (Wildman–Crippen LogP) is 3.52. The van der Waals surface area contributed by atoms with Gasteiger partial charge < -0.3 is 9.32 Å². The molecular weight excluding hydrogens is 322 g/mol. The average Bonchev–Trinajstić information content (AvgIpc) is 3.24. The highest BCUT2D eigenvalue weighted by molar-refractivity contribution is 7.99. The van der Waals surface area contributed by atoms with Gasteiger partial charge in [0.05, 0.1) is 24.2 Å². The van der Waals surface area contributed by atoms with Crippen molar-refractivity contribution >= 4 is 17.7 Å². The molecule has 0 fully saturated rings. The van der Waals surface area contributed by atoms with Crippen LogP contribution in [0.1, 0.15) is 11.3 Å². The largest absolute Gasteiger partial charge is 0.467 e. The Labute approximate surface area is 145 Å². The van der Waals surface area contributed by atoms with Crippen LogP contribution in [0.3, 0.4) is 0 Å². The van der Waals surface area contributed by atoms with Crippen molar-refractivity contribution in [1.29, 1.82) is 0 Å². The Morgan fingerprint density at radius 3 is 2.88 bits per heavy atom. The van der Waals surface area contributed by atoms with Gasteiger partial charge in [-0.1, -0.05) is 30.0 Å². The van der Waals surface area contributed by atoms with E-state index in [2.05, 4.69) is 18.0 Å². The van der Waals surface area contributed by atoms with Gasteiger partial charge >= 0.3 is 0 Å². The lowest BCUT2D eigenvalue weighted by molar-refractivity contribution is -0.127. The monoisotopic (exact) mass is 341 g/mol. The van der Waals surface area contributed by atoms with Crippen molar-refractivity contribution < 1.29 is 9.21 Å². The molecule has 0 unspecified atom stereocenters. The smallest absolute Gasteiger partial charge is 0.233 e. The molecule has 0 atom stereocenters. The van der Waals surface area contributed by atoms with Gasteiger partial charge in [-0.2, -0.15) is 0 Å². The van der Waals surface area contributed by atoms with Crippen LogP contribution in [0.15, 0.2) is 64.6 Å². The molecule has 2 aromatic heterocycles. The van der Waals surface area contributed by atoms with E-state index in [-0.39, 0.29) is 5.91 Å². The van der Waals surface area contributed by atoms with Crippen LogP contribution in [0.4, 0.5) is 0 Å². The third-order valence-corrected chi connectivity index (χ3v) is 4.66. The van der Waals surface area contributed by atoms with Crippen molar-refractivity contribution in [1.82, 2.24) is 14.5 Å². The topological polar surface area (TPSA) is 51.3 Å². The first-order valence-corrected chi connectivity index (χ1v) is 8.62. The number of aryl methyl sites for hydroxylation is 1. The van der Waals surface area contributed by atoms with Crippen LogP contribution in [-0.2, 0) is 11.3 Å². The van der Waals surface area contributed by atoms with E-state index in [1.807, 2.05) is 41.1 Å². The molecule has 0 saturated carbocycles. The number of aromatic nitrogens is 2. The Morgan fingerprint density at radius 2 is 2.12 bits per heavy atom. The minimum atomic E-state index is 0.0377. The van der Waals surface area contributed by atoms with Gasteiger partial charge in [0.2, 0.25) is 5.91 Å². The molecule has 1 aromatic carbocycles. The summed E-state index contributed by atoms with van der Waals surface area (Å²) < 4.78 is 7.29. The molecule has 124 valence electrons. The average molecular weight is 341 g/mol. The van der Waals surface area contributed by atoms with E-state index in [1.165, 1.54) is 17.3 Å². The van der Waals surface area contributed by atoms with Crippen LogP contribution in [-0.4, -0.2) is 33.2 Å². The van der Waals surface area contributed by atoms with Crippen molar-refractivity contribution in [3.8, 4) is 5.69 Å². The number of thioether (sulfide) groups is 1. The highest BCUT2D eigenvalue weighted by Crippen LogP contribution is 2.22. The number of amides is 1. The van der Waals surface area contributed by atoms with E-state index in [1.54, 1.807) is 24.4 Å². The van der Waals surface area contributed by atoms with E-state index in [9.17, 15) is 4.79 Å². The third kappa shape index (κ3) is 3.71. The van der Waals surface area contributed by atoms with Crippen LogP contribution >= 0.6 is 11.8 Å². The second kappa shape index (κ2) is 7.40. The van der Waals surface area contributed by atoms with Crippen molar-refractivity contribution in [2.24, 2.45) is 0 Å². The van der Waals surface area contributed by atoms with E-state index < -0.39 is 0 Å². The van der Waals surface area contributed by atoms with Crippen molar-refractivity contribution in [2.75, 3.05) is 12.8 Å². The summed E-state index contributed by atoms with van der Waals surface area (Å²) in [5.74, 6) is 1.15. The van der Waals surface area contributed by atoms with Gasteiger partial charge in [-0.15, -0.1) is 0 Å². The van der Waals surface area contributed by atoms with Gasteiger partial charge in [0.25, 0.3) is 0 Å². The maximum absolute atomic E-state index is 12.3. The van der Waals surface area contributed by atoms with Crippen LogP contribution in [0, 0.1) is 6.92 Å². The predicted molar refractivity (Wildman–Crippen MR) is 94.2 cm³/mol. The highest BCUT2D eigenvalue weighted by atomic mass is 32.2. The van der Waals surface area contributed by atoms with Gasteiger partial charge in [0, 0.05) is 19.4 Å². The molecule has 3 rings (SSSR count). The molecule has 0 bridgehead atoms. The number of hydrogen-bond acceptors (Lipinski definition) is 4. The van der Waals surface area contributed by atoms with Gasteiger partial charge in [0.1, 0.15) is 5.76 Å². The first-order valence-electron chi connectivity index (χ1n) is 7.63. The van der Waals surface area contributed by atoms with E-state index >= 15 is 0 Å². The number of carbonyl (C=O) groups excluding carboxylic acids is 1. The van der Waals surface area contributed by atoms with Crippen LogP contribution in [0.5, 0.6) is 0 Å². The number of carbonyl (C=O) groups is 1. The lowest BCUT2D eigenvalue weighted by Gasteiger charge is -2.15. The maximum atomic E-state index is 12.3. The summed E-state index contributed by atoms with van der Waals surface area (Å²) in [6, 6.07) is 11.8. The van der Waals surface area contributed by atoms with Crippen molar-refractivity contribution in [3.63, 3.8) is 0 Å². The Bertz CT molecular complexity index is 811. The number of nitrogens with zero attached hydrogens (tertiary/aromatic N) is 3. The van der Waals surface area contributed by atoms with E-state index in [0.717, 1.165) is 16.6 Å². The zero-order valence-corrected chi connectivity index (χ0v) is 14.5. The maximum Gasteiger partial charge on any atom is 0.233 e. The van der Waals surface area contributed by atoms with Crippen LogP contribution in [0.2, 0.25) is 0 Å². The molecule has 0 radical (unpaired) electrons. The molecule has 0 aliphatic carbocycles. The summed E-state index contributed by atoms with van der Waals surface area (Å²) in [4.78, 5) is 18.3. The standard InChI is InChI=1S/C18H19N3O2S/c1-14-6-3-4-8-16(14)21-10-9-19-18(21)24-13-17(22)20(2)12-15-7-5-11-23-15/h3-11H,12-13H2,1-2H3. The van der Waals surface area contributed by atoms with Gasteiger partial charge in [-0.3, -0.25) is 9.36 Å². The minimum absolute atomic E-state index is 0.0377. The Hall–Kier alpha value is -2.47. The fourth-order valence-electron chi connectivity index (χ4n) is 2.37. The van der Waals surface area contributed by atoms with Gasteiger partial charge in [-0.05, 0) is 30.7 Å². The van der Waals surface area contributed by atoms with Crippen LogP contribution in [0.25, 0.3) is 5.69 Å². The molecule has 2 heterocycles. The fourth-order valence-corrected chi connectivity index (χ4v) is 3.28. The second-order valence-electron chi connectivity index (χ2n) is 5.48. The zero-order valence-electron chi connectivity index (χ0n) is 13.7. The molecule has 0 aliphatic heterocycles. The number of para-hydroxylation sites is 1. The summed E-state index contributed by atoms with van der Waals surface area (Å²) in [5.41, 5.74) is 2.24. The molecule has 6 heteroatoms. The quantitative estimate of drug-likeness (QED) is 0.644. The first-order chi connectivity index (χ1) is 11.6. The van der Waals surface area contributed by atoms with E-state index in [0.29, 0.717) is 12.3 Å². The highest BCUT2D eigenvalue weighted by Gasteiger charge is 2.14. The minimum Gasteiger partial charge on any atom is -0.467 e. The molecular formula is C18H19N3O2S. The lowest BCUT2D eigenvalue weighted by Crippen LogP contribution is -2.27. The Kier molecular flexibility index (Phi) is 5.05. The second-order valence-corrected chi connectivity index (χ2v) is 6.43. The Balaban J connectivity index is 1.64. The number of furan rings is 1. The SMILES string of the molecule is Cc1ccccc1-n1ccnc1SCC(=O)N(C)Cc1ccco1. The third-order valence-electron chi connectivity index (χ3n) is 3.71. The molecule has 0 spiro atoms. The zero-order chi connectivity index (χ0) is 16.9. The first kappa shape index (κ1) is 16.4. The van der Waals surface area contributed by atoms with Crippen molar-refractivity contribution in [2.45, 2.75) is 18.6 Å². The summed E-state index contributed by atoms with van der Waals surface area (Å²) in [6.45, 7) is 2.53. The summed E-state index contributed by atoms with van der Waals surface area (Å²) in [5, 5.41) is 0.809. The van der Waals surface area contributed by atoms with E-state index in [4.69, 9.17) is 4.42 Å². The lowest BCUT2D eigenvalue weighted by atomic mass is 10.2. The molecule has 3 aromatic rings.